The van der Waals surface area contributed by atoms with E-state index in [9.17, 15) is 14.7 Å². The molecule has 2 atom stereocenters. The van der Waals surface area contributed by atoms with Crippen molar-refractivity contribution in [1.29, 1.82) is 0 Å². The molecule has 3 aromatic rings. The summed E-state index contributed by atoms with van der Waals surface area (Å²) in [5, 5.41) is 12.8. The normalized spacial score (nSPS) is 23.2. The van der Waals surface area contributed by atoms with Crippen LogP contribution in [0.5, 0.6) is 11.5 Å². The molecule has 2 aliphatic rings. The topological polar surface area (TPSA) is 89.2 Å². The highest BCUT2D eigenvalue weighted by atomic mass is 16.5. The second-order valence-electron chi connectivity index (χ2n) is 8.88. The fourth-order valence-electron chi connectivity index (χ4n) is 5.14. The van der Waals surface area contributed by atoms with Crippen molar-refractivity contribution in [2.45, 2.75) is 37.7 Å². The molecule has 5 rings (SSSR count). The van der Waals surface area contributed by atoms with Crippen LogP contribution in [0.4, 0.5) is 0 Å². The van der Waals surface area contributed by atoms with Crippen LogP contribution in [0.1, 0.15) is 32.1 Å². The minimum atomic E-state index is -0.613. The Morgan fingerprint density at radius 1 is 1.12 bits per heavy atom. The number of hydrogen-bond acceptors (Lipinski definition) is 6. The van der Waals surface area contributed by atoms with Gasteiger partial charge in [-0.1, -0.05) is 12.8 Å². The highest BCUT2D eigenvalue weighted by molar-refractivity contribution is 6.04. The maximum Gasteiger partial charge on any atom is 0.344 e. The molecule has 0 unspecified atom stereocenters. The summed E-state index contributed by atoms with van der Waals surface area (Å²) in [6, 6.07) is 10.5. The lowest BCUT2D eigenvalue weighted by molar-refractivity contribution is -0.145. The van der Waals surface area contributed by atoms with Crippen LogP contribution in [0.2, 0.25) is 0 Å². The Bertz CT molecular complexity index is 1230. The van der Waals surface area contributed by atoms with Gasteiger partial charge in [0.15, 0.2) is 6.61 Å². The summed E-state index contributed by atoms with van der Waals surface area (Å²) in [5.74, 6) is 1.11. The maximum absolute atomic E-state index is 12.7. The van der Waals surface area contributed by atoms with Gasteiger partial charge in [0, 0.05) is 35.8 Å². The van der Waals surface area contributed by atoms with E-state index < -0.39 is 11.2 Å². The van der Waals surface area contributed by atoms with Gasteiger partial charge in [-0.15, -0.1) is 0 Å². The summed E-state index contributed by atoms with van der Waals surface area (Å²) in [7, 11) is 1.55. The number of piperidine rings is 1. The Balaban J connectivity index is 1.31. The summed E-state index contributed by atoms with van der Waals surface area (Å²) >= 11 is 0. The number of rotatable bonds is 4. The van der Waals surface area contributed by atoms with Gasteiger partial charge in [0.1, 0.15) is 17.1 Å². The molecular weight excluding hydrogens is 410 g/mol. The zero-order valence-electron chi connectivity index (χ0n) is 18.1. The fraction of sp³-hybridized carbons (Fsp3) is 0.440. The van der Waals surface area contributed by atoms with Crippen molar-refractivity contribution < 1.29 is 23.8 Å². The van der Waals surface area contributed by atoms with Gasteiger partial charge in [-0.3, -0.25) is 4.79 Å². The van der Waals surface area contributed by atoms with E-state index in [0.29, 0.717) is 42.0 Å². The molecule has 1 N–H and O–H groups in total. The number of methoxy groups -OCH3 is 1. The van der Waals surface area contributed by atoms with Crippen LogP contribution in [0.15, 0.2) is 45.6 Å². The van der Waals surface area contributed by atoms with Crippen LogP contribution in [0, 0.1) is 5.92 Å². The summed E-state index contributed by atoms with van der Waals surface area (Å²) in [6.45, 7) is 1.05. The van der Waals surface area contributed by atoms with Gasteiger partial charge in [-0.2, -0.15) is 0 Å². The molecule has 0 bridgehead atoms. The highest BCUT2D eigenvalue weighted by Gasteiger charge is 2.43. The van der Waals surface area contributed by atoms with E-state index in [0.717, 1.165) is 36.5 Å². The monoisotopic (exact) mass is 437 g/mol. The molecular formula is C25H27NO6. The van der Waals surface area contributed by atoms with E-state index in [1.54, 1.807) is 36.3 Å². The number of amides is 1. The van der Waals surface area contributed by atoms with Gasteiger partial charge in [0.05, 0.1) is 18.1 Å². The molecule has 1 saturated carbocycles. The predicted octanol–water partition coefficient (Wildman–Crippen LogP) is 3.49. The molecule has 2 aromatic carbocycles. The van der Waals surface area contributed by atoms with Crippen molar-refractivity contribution in [1.82, 2.24) is 4.90 Å². The molecule has 1 aliphatic heterocycles. The van der Waals surface area contributed by atoms with Gasteiger partial charge in [-0.25, -0.2) is 4.79 Å². The fourth-order valence-corrected chi connectivity index (χ4v) is 5.14. The number of carbonyl (C=O) groups excluding carboxylic acids is 1. The van der Waals surface area contributed by atoms with Crippen LogP contribution < -0.4 is 15.1 Å². The van der Waals surface area contributed by atoms with Crippen molar-refractivity contribution >= 4 is 27.6 Å². The lowest BCUT2D eigenvalue weighted by Gasteiger charge is -2.47. The van der Waals surface area contributed by atoms with Gasteiger partial charge in [0.25, 0.3) is 5.91 Å². The van der Waals surface area contributed by atoms with Crippen molar-refractivity contribution in [2.24, 2.45) is 5.92 Å². The third-order valence-electron chi connectivity index (χ3n) is 7.04. The van der Waals surface area contributed by atoms with Crippen molar-refractivity contribution in [3.63, 3.8) is 0 Å². The Labute approximate surface area is 185 Å². The van der Waals surface area contributed by atoms with E-state index in [4.69, 9.17) is 13.9 Å². The zero-order valence-corrected chi connectivity index (χ0v) is 18.1. The summed E-state index contributed by atoms with van der Waals surface area (Å²) in [6.07, 6.45) is 4.59. The maximum atomic E-state index is 12.7. The average molecular weight is 437 g/mol. The largest absolute Gasteiger partial charge is 0.497 e. The van der Waals surface area contributed by atoms with Crippen molar-refractivity contribution in [3.8, 4) is 11.5 Å². The van der Waals surface area contributed by atoms with Gasteiger partial charge < -0.3 is 23.9 Å². The number of hydrogen-bond donors (Lipinski definition) is 1. The second kappa shape index (κ2) is 8.13. The number of benzene rings is 2. The second-order valence-corrected chi connectivity index (χ2v) is 8.88. The molecule has 7 nitrogen and oxygen atoms in total. The molecule has 32 heavy (non-hydrogen) atoms. The number of ether oxygens (including phenoxy) is 2. The van der Waals surface area contributed by atoms with Crippen molar-refractivity contribution in [2.75, 3.05) is 26.8 Å². The molecule has 1 saturated heterocycles. The molecule has 2 fully saturated rings. The van der Waals surface area contributed by atoms with Crippen LogP contribution in [-0.2, 0) is 4.79 Å². The summed E-state index contributed by atoms with van der Waals surface area (Å²) in [4.78, 5) is 27.0. The van der Waals surface area contributed by atoms with Gasteiger partial charge >= 0.3 is 5.63 Å². The van der Waals surface area contributed by atoms with Crippen LogP contribution in [-0.4, -0.2) is 48.3 Å². The molecule has 7 heteroatoms. The number of fused-ring (bicyclic) bond motifs is 4. The van der Waals surface area contributed by atoms with E-state index in [1.807, 2.05) is 12.1 Å². The Morgan fingerprint density at radius 3 is 2.78 bits per heavy atom. The Hall–Kier alpha value is -3.06. The molecule has 1 aromatic heterocycles. The first-order valence-corrected chi connectivity index (χ1v) is 11.1. The molecule has 0 spiro atoms. The lowest BCUT2D eigenvalue weighted by atomic mass is 9.71. The number of nitrogens with zero attached hydrogens (tertiary/aromatic N) is 1. The highest BCUT2D eigenvalue weighted by Crippen LogP contribution is 2.39. The lowest BCUT2D eigenvalue weighted by Crippen LogP contribution is -2.55. The third kappa shape index (κ3) is 3.71. The van der Waals surface area contributed by atoms with Gasteiger partial charge in [-0.05, 0) is 49.6 Å². The molecule has 168 valence electrons. The average Bonchev–Trinajstić information content (AvgIpc) is 2.81. The molecule has 1 aliphatic carbocycles. The van der Waals surface area contributed by atoms with Crippen molar-refractivity contribution in [3.05, 3.63) is 46.8 Å². The van der Waals surface area contributed by atoms with Crippen LogP contribution in [0.3, 0.4) is 0 Å². The summed E-state index contributed by atoms with van der Waals surface area (Å²) < 4.78 is 16.4. The minimum absolute atomic E-state index is 0.0916. The smallest absolute Gasteiger partial charge is 0.344 e. The molecule has 0 radical (unpaired) electrons. The first-order valence-electron chi connectivity index (χ1n) is 11.1. The Kier molecular flexibility index (Phi) is 5.29. The quantitative estimate of drug-likeness (QED) is 0.497. The first-order chi connectivity index (χ1) is 15.5. The minimum Gasteiger partial charge on any atom is -0.497 e. The number of aliphatic hydroxyl groups is 1. The van der Waals surface area contributed by atoms with Gasteiger partial charge in [0.2, 0.25) is 0 Å². The van der Waals surface area contributed by atoms with E-state index in [1.165, 1.54) is 0 Å². The molecule has 1 amide bonds. The third-order valence-corrected chi connectivity index (χ3v) is 7.04. The van der Waals surface area contributed by atoms with E-state index >= 15 is 0 Å². The van der Waals surface area contributed by atoms with Crippen LogP contribution in [0.25, 0.3) is 21.7 Å². The first kappa shape index (κ1) is 20.8. The summed E-state index contributed by atoms with van der Waals surface area (Å²) in [5.41, 5.74) is -0.658. The number of likely N-dealkylation sites (tertiary alicyclic amines) is 1. The van der Waals surface area contributed by atoms with E-state index in [-0.39, 0.29) is 18.4 Å². The SMILES string of the molecule is COc1ccc2c(c1)c(=O)oc1cc(OCC(=O)N3CC[C@]4(O)CCCC[C@@H]4C3)ccc12. The zero-order chi connectivity index (χ0) is 22.3. The van der Waals surface area contributed by atoms with E-state index in [2.05, 4.69) is 0 Å². The van der Waals surface area contributed by atoms with Crippen LogP contribution >= 0.6 is 0 Å². The number of carbonyl (C=O) groups is 1. The molecule has 2 heterocycles. The standard InChI is InChI=1S/C25H27NO6/c1-30-17-5-7-19-20-8-6-18(13-22(20)32-24(28)21(19)12-17)31-15-23(27)26-11-10-25(29)9-3-2-4-16(25)14-26/h5-8,12-13,16,29H,2-4,9-11,14-15H2,1H3/t16-,25-/m1/s1. The Morgan fingerprint density at radius 2 is 1.94 bits per heavy atom. The predicted molar refractivity (Wildman–Crippen MR) is 120 cm³/mol.